The van der Waals surface area contributed by atoms with Gasteiger partial charge in [-0.25, -0.2) is 4.98 Å². The maximum absolute atomic E-state index is 12.2. The molecule has 0 atom stereocenters. The molecular weight excluding hydrogens is 412 g/mol. The van der Waals surface area contributed by atoms with Crippen LogP contribution in [0.1, 0.15) is 5.69 Å². The van der Waals surface area contributed by atoms with Crippen molar-refractivity contribution in [3.63, 3.8) is 0 Å². The number of nitrogens with one attached hydrogen (secondary N) is 1. The largest absolute Gasteiger partial charge is 0.411 e. The van der Waals surface area contributed by atoms with Crippen LogP contribution in [-0.4, -0.2) is 33.1 Å². The van der Waals surface area contributed by atoms with Crippen molar-refractivity contribution in [3.05, 3.63) is 48.2 Å². The Morgan fingerprint density at radius 2 is 2.00 bits per heavy atom. The molecule has 4 aromatic rings. The molecule has 0 saturated heterocycles. The lowest BCUT2D eigenvalue weighted by molar-refractivity contribution is -0.113. The highest BCUT2D eigenvalue weighted by molar-refractivity contribution is 8.00. The molecule has 0 aliphatic carbocycles. The van der Waals surface area contributed by atoms with E-state index in [2.05, 4.69) is 26.6 Å². The van der Waals surface area contributed by atoms with Crippen LogP contribution in [0.3, 0.4) is 0 Å². The van der Waals surface area contributed by atoms with Gasteiger partial charge >= 0.3 is 0 Å². The summed E-state index contributed by atoms with van der Waals surface area (Å²) in [7, 11) is 0. The van der Waals surface area contributed by atoms with Gasteiger partial charge in [-0.1, -0.05) is 53.4 Å². The third-order valence-corrected chi connectivity index (χ3v) is 7.02. The number of anilines is 1. The number of benzene rings is 2. The number of amides is 1. The summed E-state index contributed by atoms with van der Waals surface area (Å²) in [4.78, 5) is 16.5. The van der Waals surface area contributed by atoms with Crippen molar-refractivity contribution in [1.29, 1.82) is 0 Å². The Hall–Kier alpha value is -2.36. The molecule has 28 heavy (non-hydrogen) atoms. The molecule has 0 radical (unpaired) electrons. The number of aromatic nitrogens is 3. The highest BCUT2D eigenvalue weighted by atomic mass is 32.2. The van der Waals surface area contributed by atoms with Crippen molar-refractivity contribution >= 4 is 56.7 Å². The molecule has 0 spiro atoms. The summed E-state index contributed by atoms with van der Waals surface area (Å²) >= 11 is 4.29. The van der Waals surface area contributed by atoms with E-state index < -0.39 is 0 Å². The number of nitrogens with zero attached hydrogens (tertiary/aromatic N) is 3. The van der Waals surface area contributed by atoms with Gasteiger partial charge in [-0.15, -0.1) is 22.0 Å². The van der Waals surface area contributed by atoms with Gasteiger partial charge in [0.25, 0.3) is 5.22 Å². The molecule has 2 heterocycles. The van der Waals surface area contributed by atoms with Crippen LogP contribution in [0.5, 0.6) is 0 Å². The zero-order valence-corrected chi connectivity index (χ0v) is 17.6. The lowest BCUT2D eigenvalue weighted by atomic mass is 10.1. The van der Waals surface area contributed by atoms with Gasteiger partial charge in [0.2, 0.25) is 11.8 Å². The summed E-state index contributed by atoms with van der Waals surface area (Å²) in [5.74, 6) is 0.456. The molecule has 9 heteroatoms. The highest BCUT2D eigenvalue weighted by Gasteiger charge is 2.14. The molecule has 142 valence electrons. The third kappa shape index (κ3) is 4.21. The number of rotatable bonds is 6. The fourth-order valence-corrected chi connectivity index (χ4v) is 4.81. The van der Waals surface area contributed by atoms with E-state index in [1.807, 2.05) is 49.6 Å². The molecule has 0 aliphatic heterocycles. The number of thioether (sulfide) groups is 2. The number of carbonyl (C=O) groups is 1. The minimum absolute atomic E-state index is 0.156. The highest BCUT2D eigenvalue weighted by Crippen LogP contribution is 2.30. The van der Waals surface area contributed by atoms with E-state index in [1.165, 1.54) is 23.1 Å². The lowest BCUT2D eigenvalue weighted by Crippen LogP contribution is -2.13. The van der Waals surface area contributed by atoms with Gasteiger partial charge < -0.3 is 9.73 Å². The first-order valence-electron chi connectivity index (χ1n) is 8.39. The Morgan fingerprint density at radius 3 is 2.79 bits per heavy atom. The molecule has 0 aliphatic rings. The first-order chi connectivity index (χ1) is 13.6. The second-order valence-corrected chi connectivity index (χ2v) is 8.87. The average Bonchev–Trinajstić information content (AvgIpc) is 3.32. The van der Waals surface area contributed by atoms with Gasteiger partial charge in [-0.3, -0.25) is 4.79 Å². The van der Waals surface area contributed by atoms with Crippen molar-refractivity contribution in [1.82, 2.24) is 15.2 Å². The Bertz CT molecular complexity index is 1140. The van der Waals surface area contributed by atoms with Gasteiger partial charge in [-0.2, -0.15) is 0 Å². The topological polar surface area (TPSA) is 80.9 Å². The molecule has 6 nitrogen and oxygen atoms in total. The third-order valence-electron chi connectivity index (χ3n) is 3.92. The predicted octanol–water partition coefficient (Wildman–Crippen LogP) is 5.11. The number of thiazole rings is 1. The quantitative estimate of drug-likeness (QED) is 0.428. The van der Waals surface area contributed by atoms with Crippen molar-refractivity contribution in [2.75, 3.05) is 17.3 Å². The summed E-state index contributed by atoms with van der Waals surface area (Å²) in [5, 5.41) is 14.2. The molecule has 1 N–H and O–H groups in total. The van der Waals surface area contributed by atoms with Crippen LogP contribution < -0.4 is 5.32 Å². The van der Waals surface area contributed by atoms with E-state index in [0.29, 0.717) is 16.2 Å². The number of aryl methyl sites for hydroxylation is 1. The van der Waals surface area contributed by atoms with Gasteiger partial charge in [0.1, 0.15) is 0 Å². The van der Waals surface area contributed by atoms with Gasteiger partial charge in [-0.05, 0) is 36.1 Å². The number of hydrogen-bond donors (Lipinski definition) is 1. The Balaban J connectivity index is 1.39. The Morgan fingerprint density at radius 1 is 1.18 bits per heavy atom. The molecule has 2 aromatic carbocycles. The minimum Gasteiger partial charge on any atom is -0.411 e. The fraction of sp³-hybridized carbons (Fsp3) is 0.158. The fourth-order valence-electron chi connectivity index (χ4n) is 2.62. The molecule has 0 unspecified atom stereocenters. The maximum Gasteiger partial charge on any atom is 0.277 e. The van der Waals surface area contributed by atoms with Gasteiger partial charge in [0, 0.05) is 5.56 Å². The summed E-state index contributed by atoms with van der Waals surface area (Å²) in [5.41, 5.74) is 1.78. The van der Waals surface area contributed by atoms with E-state index in [-0.39, 0.29) is 11.7 Å². The van der Waals surface area contributed by atoms with Crippen LogP contribution in [0.25, 0.3) is 22.2 Å². The monoisotopic (exact) mass is 428 g/mol. The molecule has 1 amide bonds. The van der Waals surface area contributed by atoms with E-state index >= 15 is 0 Å². The van der Waals surface area contributed by atoms with Gasteiger partial charge in [0.15, 0.2) is 5.13 Å². The number of carbonyl (C=O) groups excluding carboxylic acids is 1. The van der Waals surface area contributed by atoms with Crippen LogP contribution in [0.15, 0.2) is 56.3 Å². The standard InChI is InChI=1S/C19H16N4O2S3/c1-11-17(26-2)28-18(20-11)21-15(24)10-27-19-23-22-16(25-19)14-8-7-12-5-3-4-6-13(12)9-14/h3-9H,10H2,1-2H3,(H,20,21,24). The number of hydrogen-bond acceptors (Lipinski definition) is 8. The predicted molar refractivity (Wildman–Crippen MR) is 115 cm³/mol. The normalized spacial score (nSPS) is 11.1. The molecule has 4 rings (SSSR count). The summed E-state index contributed by atoms with van der Waals surface area (Å²) in [6.45, 7) is 1.93. The van der Waals surface area contributed by atoms with E-state index in [9.17, 15) is 4.79 Å². The maximum atomic E-state index is 12.2. The SMILES string of the molecule is CSc1sc(NC(=O)CSc2nnc(-c3ccc4ccccc4c3)o2)nc1C. The number of fused-ring (bicyclic) bond motifs is 1. The molecule has 2 aromatic heterocycles. The Labute approximate surface area is 174 Å². The van der Waals surface area contributed by atoms with E-state index in [1.54, 1.807) is 11.8 Å². The zero-order chi connectivity index (χ0) is 19.5. The summed E-state index contributed by atoms with van der Waals surface area (Å²) < 4.78 is 6.80. The van der Waals surface area contributed by atoms with Crippen LogP contribution in [0, 0.1) is 6.92 Å². The van der Waals surface area contributed by atoms with Crippen LogP contribution in [0.2, 0.25) is 0 Å². The van der Waals surface area contributed by atoms with Crippen molar-refractivity contribution in [3.8, 4) is 11.5 Å². The first kappa shape index (κ1) is 19.0. The minimum atomic E-state index is -0.156. The van der Waals surface area contributed by atoms with E-state index in [0.717, 1.165) is 26.2 Å². The summed E-state index contributed by atoms with van der Waals surface area (Å²) in [6, 6.07) is 14.1. The molecule has 0 bridgehead atoms. The van der Waals surface area contributed by atoms with E-state index in [4.69, 9.17) is 4.42 Å². The van der Waals surface area contributed by atoms with Crippen molar-refractivity contribution in [2.45, 2.75) is 16.4 Å². The van der Waals surface area contributed by atoms with Gasteiger partial charge in [0.05, 0.1) is 15.7 Å². The molecular formula is C19H16N4O2S3. The van der Waals surface area contributed by atoms with Crippen LogP contribution >= 0.6 is 34.9 Å². The molecule has 0 saturated carbocycles. The second kappa shape index (κ2) is 8.34. The summed E-state index contributed by atoms with van der Waals surface area (Å²) in [6.07, 6.45) is 1.99. The smallest absolute Gasteiger partial charge is 0.277 e. The van der Waals surface area contributed by atoms with Crippen LogP contribution in [-0.2, 0) is 4.79 Å². The second-order valence-electron chi connectivity index (χ2n) is 5.87. The van der Waals surface area contributed by atoms with Crippen molar-refractivity contribution in [2.24, 2.45) is 0 Å². The van der Waals surface area contributed by atoms with Crippen LogP contribution in [0.4, 0.5) is 5.13 Å². The molecule has 0 fully saturated rings. The lowest BCUT2D eigenvalue weighted by Gasteiger charge is -2.00. The Kier molecular flexibility index (Phi) is 5.65. The average molecular weight is 429 g/mol. The first-order valence-corrected chi connectivity index (χ1v) is 11.4. The van der Waals surface area contributed by atoms with Crippen molar-refractivity contribution < 1.29 is 9.21 Å². The zero-order valence-electron chi connectivity index (χ0n) is 15.1.